The number of carbonyl (C=O) groups is 1. The number of likely N-dealkylation sites (N-methyl/N-ethyl adjacent to an activating group) is 1. The van der Waals surface area contributed by atoms with Gasteiger partial charge in [0.05, 0.1) is 17.4 Å². The molecule has 7 heteroatoms. The molecule has 0 bridgehead atoms. The molecule has 2 heterocycles. The molecule has 0 saturated heterocycles. The number of para-hydroxylation sites is 1. The molecular weight excluding hydrogens is 342 g/mol. The fraction of sp³-hybridized carbons (Fsp3) is 0.350. The Morgan fingerprint density at radius 3 is 2.74 bits per heavy atom. The molecule has 0 spiro atoms. The molecule has 0 fully saturated rings. The highest BCUT2D eigenvalue weighted by molar-refractivity contribution is 6.08. The molecule has 0 aliphatic heterocycles. The van der Waals surface area contributed by atoms with Gasteiger partial charge in [-0.2, -0.15) is 5.10 Å². The summed E-state index contributed by atoms with van der Waals surface area (Å²) in [5, 5.41) is 8.05. The van der Waals surface area contributed by atoms with E-state index in [0.29, 0.717) is 17.8 Å². The third-order valence-corrected chi connectivity index (χ3v) is 4.67. The van der Waals surface area contributed by atoms with Gasteiger partial charge in [0, 0.05) is 31.2 Å². The van der Waals surface area contributed by atoms with Crippen molar-refractivity contribution < 1.29 is 4.79 Å². The van der Waals surface area contributed by atoms with Crippen molar-refractivity contribution in [3.8, 4) is 0 Å². The Hall–Kier alpha value is -2.93. The normalized spacial score (nSPS) is 12.5. The van der Waals surface area contributed by atoms with Gasteiger partial charge in [-0.15, -0.1) is 0 Å². The molecule has 0 aliphatic carbocycles. The lowest BCUT2D eigenvalue weighted by Crippen LogP contribution is -2.34. The number of amides is 1. The average molecular weight is 367 g/mol. The standard InChI is InChI=1S/C20H25N5O2/c1-13-9-10-25(14(2)12-23(3)4)20(27)17(13)19(26)22-16-8-6-7-15-11-21-24(5)18(15)16/h6-11,14H,12H2,1-5H3,(H,22,26). The summed E-state index contributed by atoms with van der Waals surface area (Å²) in [7, 11) is 5.73. The summed E-state index contributed by atoms with van der Waals surface area (Å²) < 4.78 is 3.33. The molecule has 3 aromatic rings. The molecule has 27 heavy (non-hydrogen) atoms. The fourth-order valence-electron chi connectivity index (χ4n) is 3.40. The number of hydrogen-bond acceptors (Lipinski definition) is 4. The summed E-state index contributed by atoms with van der Waals surface area (Å²) in [6.45, 7) is 4.45. The van der Waals surface area contributed by atoms with Crippen LogP contribution in [0.1, 0.15) is 28.9 Å². The highest BCUT2D eigenvalue weighted by Crippen LogP contribution is 2.23. The zero-order valence-corrected chi connectivity index (χ0v) is 16.4. The van der Waals surface area contributed by atoms with Crippen molar-refractivity contribution >= 4 is 22.5 Å². The van der Waals surface area contributed by atoms with E-state index < -0.39 is 5.91 Å². The Morgan fingerprint density at radius 2 is 2.04 bits per heavy atom. The Bertz CT molecular complexity index is 1050. The molecule has 1 N–H and O–H groups in total. The SMILES string of the molecule is Cc1ccn(C(C)CN(C)C)c(=O)c1C(=O)Nc1cccc2cnn(C)c12. The lowest BCUT2D eigenvalue weighted by Gasteiger charge is -2.20. The Labute approximate surface area is 158 Å². The number of anilines is 1. The van der Waals surface area contributed by atoms with E-state index in [0.717, 1.165) is 10.9 Å². The molecule has 1 unspecified atom stereocenters. The molecule has 1 amide bonds. The van der Waals surface area contributed by atoms with Gasteiger partial charge in [0.15, 0.2) is 0 Å². The maximum absolute atomic E-state index is 13.0. The molecule has 0 aliphatic rings. The van der Waals surface area contributed by atoms with Crippen LogP contribution in [0.4, 0.5) is 5.69 Å². The predicted molar refractivity (Wildman–Crippen MR) is 107 cm³/mol. The molecule has 1 atom stereocenters. The smallest absolute Gasteiger partial charge is 0.263 e. The number of aromatic nitrogens is 3. The van der Waals surface area contributed by atoms with Crippen molar-refractivity contribution in [2.24, 2.45) is 7.05 Å². The molecule has 7 nitrogen and oxygen atoms in total. The number of rotatable bonds is 5. The number of benzene rings is 1. The lowest BCUT2D eigenvalue weighted by molar-refractivity contribution is 0.102. The summed E-state index contributed by atoms with van der Waals surface area (Å²) in [5.41, 5.74) is 2.00. The van der Waals surface area contributed by atoms with Gasteiger partial charge in [-0.1, -0.05) is 12.1 Å². The van der Waals surface area contributed by atoms with Gasteiger partial charge in [0.2, 0.25) is 0 Å². The van der Waals surface area contributed by atoms with Gasteiger partial charge in [-0.05, 0) is 45.6 Å². The minimum Gasteiger partial charge on any atom is -0.320 e. The largest absolute Gasteiger partial charge is 0.320 e. The number of nitrogens with zero attached hydrogens (tertiary/aromatic N) is 4. The van der Waals surface area contributed by atoms with Gasteiger partial charge < -0.3 is 14.8 Å². The first-order valence-corrected chi connectivity index (χ1v) is 8.88. The van der Waals surface area contributed by atoms with Crippen molar-refractivity contribution in [3.63, 3.8) is 0 Å². The Balaban J connectivity index is 1.99. The van der Waals surface area contributed by atoms with Crippen LogP contribution >= 0.6 is 0 Å². The molecular formula is C20H25N5O2. The van der Waals surface area contributed by atoms with Crippen LogP contribution in [-0.4, -0.2) is 45.8 Å². The van der Waals surface area contributed by atoms with Gasteiger partial charge in [0.1, 0.15) is 5.56 Å². The van der Waals surface area contributed by atoms with E-state index in [1.165, 1.54) is 0 Å². The number of pyridine rings is 1. The van der Waals surface area contributed by atoms with Crippen molar-refractivity contribution in [1.82, 2.24) is 19.2 Å². The number of hydrogen-bond donors (Lipinski definition) is 1. The van der Waals surface area contributed by atoms with Gasteiger partial charge in [-0.25, -0.2) is 0 Å². The van der Waals surface area contributed by atoms with Crippen molar-refractivity contribution in [3.05, 3.63) is 58.1 Å². The molecule has 3 rings (SSSR count). The van der Waals surface area contributed by atoms with E-state index in [1.807, 2.05) is 57.2 Å². The van der Waals surface area contributed by atoms with Crippen LogP contribution in [0.25, 0.3) is 10.9 Å². The van der Waals surface area contributed by atoms with E-state index in [2.05, 4.69) is 10.4 Å². The minimum atomic E-state index is -0.405. The fourth-order valence-corrected chi connectivity index (χ4v) is 3.40. The number of fused-ring (bicyclic) bond motifs is 1. The lowest BCUT2D eigenvalue weighted by atomic mass is 10.1. The van der Waals surface area contributed by atoms with E-state index in [9.17, 15) is 9.59 Å². The number of aryl methyl sites for hydroxylation is 2. The summed E-state index contributed by atoms with van der Waals surface area (Å²) >= 11 is 0. The van der Waals surface area contributed by atoms with Crippen LogP contribution in [-0.2, 0) is 7.05 Å². The summed E-state index contributed by atoms with van der Waals surface area (Å²) in [4.78, 5) is 28.0. The maximum Gasteiger partial charge on any atom is 0.263 e. The van der Waals surface area contributed by atoms with Crippen LogP contribution in [0.15, 0.2) is 41.5 Å². The highest BCUT2D eigenvalue weighted by Gasteiger charge is 2.19. The average Bonchev–Trinajstić information content (AvgIpc) is 2.96. The van der Waals surface area contributed by atoms with Crippen LogP contribution < -0.4 is 10.9 Å². The van der Waals surface area contributed by atoms with E-state index in [1.54, 1.807) is 28.6 Å². The predicted octanol–water partition coefficient (Wildman–Crippen LogP) is 2.42. The van der Waals surface area contributed by atoms with Crippen molar-refractivity contribution in [1.29, 1.82) is 0 Å². The number of nitrogens with one attached hydrogen (secondary N) is 1. The minimum absolute atomic E-state index is 0.0415. The zero-order valence-electron chi connectivity index (χ0n) is 16.4. The van der Waals surface area contributed by atoms with E-state index in [4.69, 9.17) is 0 Å². The summed E-state index contributed by atoms with van der Waals surface area (Å²) in [5.74, 6) is -0.405. The topological polar surface area (TPSA) is 72.2 Å². The molecule has 2 aromatic heterocycles. The van der Waals surface area contributed by atoms with Crippen LogP contribution in [0.5, 0.6) is 0 Å². The third-order valence-electron chi connectivity index (χ3n) is 4.67. The Kier molecular flexibility index (Phi) is 5.14. The van der Waals surface area contributed by atoms with Gasteiger partial charge in [-0.3, -0.25) is 14.3 Å². The Morgan fingerprint density at radius 1 is 1.30 bits per heavy atom. The van der Waals surface area contributed by atoms with Gasteiger partial charge >= 0.3 is 0 Å². The van der Waals surface area contributed by atoms with Gasteiger partial charge in [0.25, 0.3) is 11.5 Å². The zero-order chi connectivity index (χ0) is 19.7. The molecule has 142 valence electrons. The first kappa shape index (κ1) is 18.8. The van der Waals surface area contributed by atoms with Crippen LogP contribution in [0.3, 0.4) is 0 Å². The molecule has 0 radical (unpaired) electrons. The third kappa shape index (κ3) is 3.64. The summed E-state index contributed by atoms with van der Waals surface area (Å²) in [6, 6.07) is 7.37. The quantitative estimate of drug-likeness (QED) is 0.752. The second-order valence-electron chi connectivity index (χ2n) is 7.16. The number of carbonyl (C=O) groups excluding carboxylic acids is 1. The van der Waals surface area contributed by atoms with Crippen LogP contribution in [0.2, 0.25) is 0 Å². The van der Waals surface area contributed by atoms with Crippen molar-refractivity contribution in [2.75, 3.05) is 26.0 Å². The first-order chi connectivity index (χ1) is 12.8. The van der Waals surface area contributed by atoms with E-state index >= 15 is 0 Å². The van der Waals surface area contributed by atoms with E-state index in [-0.39, 0.29) is 17.2 Å². The molecule has 1 aromatic carbocycles. The molecule has 0 saturated carbocycles. The van der Waals surface area contributed by atoms with Crippen molar-refractivity contribution in [2.45, 2.75) is 19.9 Å². The monoisotopic (exact) mass is 367 g/mol. The van der Waals surface area contributed by atoms with Crippen LogP contribution in [0, 0.1) is 6.92 Å². The second kappa shape index (κ2) is 7.36. The maximum atomic E-state index is 13.0. The summed E-state index contributed by atoms with van der Waals surface area (Å²) in [6.07, 6.45) is 3.50. The second-order valence-corrected chi connectivity index (χ2v) is 7.16. The first-order valence-electron chi connectivity index (χ1n) is 8.88. The highest BCUT2D eigenvalue weighted by atomic mass is 16.2.